The summed E-state index contributed by atoms with van der Waals surface area (Å²) in [5, 5.41) is 16.3. The molecule has 172 valence electrons. The number of carbonyl (C=O) groups is 2. The van der Waals surface area contributed by atoms with Crippen molar-refractivity contribution in [1.82, 2.24) is 20.6 Å². The van der Waals surface area contributed by atoms with E-state index in [0.29, 0.717) is 29.4 Å². The Morgan fingerprint density at radius 1 is 1.12 bits per heavy atom. The third-order valence-electron chi connectivity index (χ3n) is 5.44. The van der Waals surface area contributed by atoms with Gasteiger partial charge in [0.2, 0.25) is 10.0 Å². The lowest BCUT2D eigenvalue weighted by Gasteiger charge is -2.28. The average Bonchev–Trinajstić information content (AvgIpc) is 2.83. The first-order chi connectivity index (χ1) is 15.8. The van der Waals surface area contributed by atoms with Gasteiger partial charge >= 0.3 is 0 Å². The number of sulfonamides is 1. The molecule has 3 aromatic rings. The van der Waals surface area contributed by atoms with Gasteiger partial charge < -0.3 is 15.7 Å². The van der Waals surface area contributed by atoms with Crippen LogP contribution in [0.3, 0.4) is 0 Å². The van der Waals surface area contributed by atoms with Crippen molar-refractivity contribution in [3.05, 3.63) is 59.4 Å². The second kappa shape index (κ2) is 9.02. The van der Waals surface area contributed by atoms with Gasteiger partial charge in [-0.25, -0.2) is 13.4 Å². The summed E-state index contributed by atoms with van der Waals surface area (Å²) in [4.78, 5) is 33.5. The Bertz CT molecular complexity index is 1340. The summed E-state index contributed by atoms with van der Waals surface area (Å²) in [6.07, 6.45) is 2.64. The van der Waals surface area contributed by atoms with E-state index < -0.39 is 21.7 Å². The molecule has 1 aliphatic rings. The molecule has 11 heteroatoms. The van der Waals surface area contributed by atoms with Crippen LogP contribution in [0.25, 0.3) is 10.9 Å². The second-order valence-corrected chi connectivity index (χ2v) is 9.56. The van der Waals surface area contributed by atoms with Crippen molar-refractivity contribution in [2.75, 3.05) is 23.7 Å². The van der Waals surface area contributed by atoms with Crippen LogP contribution < -0.4 is 14.9 Å². The molecule has 1 saturated heterocycles. The van der Waals surface area contributed by atoms with E-state index in [4.69, 9.17) is 0 Å². The minimum Gasteiger partial charge on any atom is -0.504 e. The molecule has 1 fully saturated rings. The molecule has 3 N–H and O–H groups in total. The zero-order valence-corrected chi connectivity index (χ0v) is 18.7. The maximum Gasteiger partial charge on any atom is 0.274 e. The molecule has 0 unspecified atom stereocenters. The van der Waals surface area contributed by atoms with Gasteiger partial charge in [0.1, 0.15) is 5.52 Å². The van der Waals surface area contributed by atoms with Crippen LogP contribution in [0.5, 0.6) is 5.75 Å². The molecule has 0 bridgehead atoms. The number of carbonyl (C=O) groups excluding carboxylic acids is 2. The lowest BCUT2D eigenvalue weighted by atomic mass is 10.1. The average molecular weight is 470 g/mol. The van der Waals surface area contributed by atoms with E-state index in [1.165, 1.54) is 17.5 Å². The van der Waals surface area contributed by atoms with Crippen molar-refractivity contribution >= 4 is 38.6 Å². The van der Waals surface area contributed by atoms with Gasteiger partial charge in [-0.2, -0.15) is 0 Å². The number of pyridine rings is 2. The molecule has 10 nitrogen and oxygen atoms in total. The van der Waals surface area contributed by atoms with Crippen molar-refractivity contribution in [2.45, 2.75) is 19.4 Å². The van der Waals surface area contributed by atoms with E-state index >= 15 is 0 Å². The van der Waals surface area contributed by atoms with Gasteiger partial charge in [-0.15, -0.1) is 0 Å². The van der Waals surface area contributed by atoms with Gasteiger partial charge in [-0.3, -0.25) is 18.9 Å². The number of aromatic hydroxyl groups is 1. The normalized spacial score (nSPS) is 15.2. The first-order valence-electron chi connectivity index (χ1n) is 10.4. The maximum absolute atomic E-state index is 13.0. The minimum atomic E-state index is -3.61. The second-order valence-electron chi connectivity index (χ2n) is 7.55. The molecule has 3 heterocycles. The minimum absolute atomic E-state index is 0.00114. The first-order valence-corrected chi connectivity index (χ1v) is 12.0. The highest BCUT2D eigenvalue weighted by Crippen LogP contribution is 2.34. The summed E-state index contributed by atoms with van der Waals surface area (Å²) >= 11 is 0. The Kier molecular flexibility index (Phi) is 6.14. The van der Waals surface area contributed by atoms with Gasteiger partial charge in [0.15, 0.2) is 17.3 Å². The quantitative estimate of drug-likeness (QED) is 0.515. The van der Waals surface area contributed by atoms with Gasteiger partial charge in [-0.1, -0.05) is 18.2 Å². The highest BCUT2D eigenvalue weighted by atomic mass is 32.2. The van der Waals surface area contributed by atoms with Gasteiger partial charge in [0.25, 0.3) is 11.8 Å². The Hall–Kier alpha value is -3.73. The van der Waals surface area contributed by atoms with Gasteiger partial charge in [0.05, 0.1) is 5.75 Å². The number of amides is 2. The largest absolute Gasteiger partial charge is 0.504 e. The van der Waals surface area contributed by atoms with Crippen LogP contribution in [0.1, 0.15) is 39.3 Å². The number of hydrogen-bond acceptors (Lipinski definition) is 7. The van der Waals surface area contributed by atoms with E-state index in [-0.39, 0.29) is 41.8 Å². The van der Waals surface area contributed by atoms with E-state index in [9.17, 15) is 23.1 Å². The van der Waals surface area contributed by atoms with Gasteiger partial charge in [-0.05, 0) is 36.6 Å². The highest BCUT2D eigenvalue weighted by molar-refractivity contribution is 7.92. The van der Waals surface area contributed by atoms with Crippen LogP contribution in [-0.4, -0.2) is 54.7 Å². The number of rotatable bonds is 5. The highest BCUT2D eigenvalue weighted by Gasteiger charge is 2.31. The third-order valence-corrected chi connectivity index (χ3v) is 7.28. The first kappa shape index (κ1) is 22.5. The molecule has 0 spiro atoms. The van der Waals surface area contributed by atoms with E-state index in [0.717, 1.165) is 0 Å². The Morgan fingerprint density at radius 2 is 1.91 bits per heavy atom. The van der Waals surface area contributed by atoms with Gasteiger partial charge in [0, 0.05) is 37.3 Å². The molecule has 33 heavy (non-hydrogen) atoms. The Balaban J connectivity index is 1.72. The molecule has 0 atom stereocenters. The topological polar surface area (TPSA) is 142 Å². The number of aromatic nitrogens is 2. The van der Waals surface area contributed by atoms with Crippen LogP contribution in [0.4, 0.5) is 5.82 Å². The monoisotopic (exact) mass is 469 g/mol. The lowest BCUT2D eigenvalue weighted by molar-refractivity contribution is 0.0934. The van der Waals surface area contributed by atoms with E-state index in [1.54, 1.807) is 36.4 Å². The molecule has 0 radical (unpaired) electrons. The zero-order chi connectivity index (χ0) is 23.6. The molecule has 2 aromatic heterocycles. The summed E-state index contributed by atoms with van der Waals surface area (Å²) in [5.74, 6) is -1.42. The molecule has 0 saturated carbocycles. The number of benzene rings is 1. The fraction of sp³-hybridized carbons (Fsp3) is 0.273. The van der Waals surface area contributed by atoms with Crippen molar-refractivity contribution < 1.29 is 23.1 Å². The molecule has 1 aliphatic heterocycles. The standard InChI is InChI=1S/C22H23N5O5S/c1-23-21(29)15-8-3-2-7-14(15)13-25-22(30)18-19(28)17-16(9-6-10-24-17)20(26-18)27-11-4-5-12-33(27,31)32/h2-3,6-10,28H,4-5,11-13H2,1H3,(H,23,29)(H,25,30). The summed E-state index contributed by atoms with van der Waals surface area (Å²) in [6, 6.07) is 10.0. The Labute approximate surface area is 190 Å². The van der Waals surface area contributed by atoms with Crippen molar-refractivity contribution in [3.63, 3.8) is 0 Å². The van der Waals surface area contributed by atoms with Crippen LogP contribution in [0.2, 0.25) is 0 Å². The molecular weight excluding hydrogens is 446 g/mol. The summed E-state index contributed by atoms with van der Waals surface area (Å²) in [5.41, 5.74) is 0.716. The SMILES string of the molecule is CNC(=O)c1ccccc1CNC(=O)c1nc(N2CCCCS2(=O)=O)c2cccnc2c1O. The zero-order valence-electron chi connectivity index (χ0n) is 17.9. The number of fused-ring (bicyclic) bond motifs is 1. The van der Waals surface area contributed by atoms with Crippen LogP contribution in [0.15, 0.2) is 42.6 Å². The fourth-order valence-electron chi connectivity index (χ4n) is 3.77. The predicted molar refractivity (Wildman–Crippen MR) is 123 cm³/mol. The van der Waals surface area contributed by atoms with Crippen molar-refractivity contribution in [3.8, 4) is 5.75 Å². The third kappa shape index (κ3) is 4.31. The number of nitrogens with one attached hydrogen (secondary N) is 2. The lowest BCUT2D eigenvalue weighted by Crippen LogP contribution is -2.39. The van der Waals surface area contributed by atoms with E-state index in [2.05, 4.69) is 20.6 Å². The molecular formula is C22H23N5O5S. The van der Waals surface area contributed by atoms with Crippen LogP contribution >= 0.6 is 0 Å². The number of nitrogens with zero attached hydrogens (tertiary/aromatic N) is 3. The van der Waals surface area contributed by atoms with Crippen LogP contribution in [-0.2, 0) is 16.6 Å². The maximum atomic E-state index is 13.0. The smallest absolute Gasteiger partial charge is 0.274 e. The number of hydrogen-bond donors (Lipinski definition) is 3. The van der Waals surface area contributed by atoms with E-state index in [1.807, 2.05) is 0 Å². The summed E-state index contributed by atoms with van der Waals surface area (Å²) in [7, 11) is -2.10. The van der Waals surface area contributed by atoms with Crippen molar-refractivity contribution in [2.24, 2.45) is 0 Å². The van der Waals surface area contributed by atoms with Crippen molar-refractivity contribution in [1.29, 1.82) is 0 Å². The number of anilines is 1. The summed E-state index contributed by atoms with van der Waals surface area (Å²) in [6.45, 7) is 0.228. The summed E-state index contributed by atoms with van der Waals surface area (Å²) < 4.78 is 26.6. The predicted octanol–water partition coefficient (Wildman–Crippen LogP) is 1.55. The molecule has 2 amide bonds. The fourth-order valence-corrected chi connectivity index (χ4v) is 5.37. The molecule has 0 aliphatic carbocycles. The Morgan fingerprint density at radius 3 is 2.67 bits per heavy atom. The molecule has 1 aromatic carbocycles. The molecule has 4 rings (SSSR count). The van der Waals surface area contributed by atoms with Crippen LogP contribution in [0, 0.1) is 0 Å².